The molecule has 0 radical (unpaired) electrons. The highest BCUT2D eigenvalue weighted by Crippen LogP contribution is 2.31. The molecule has 0 aliphatic carbocycles. The van der Waals surface area contributed by atoms with Crippen molar-refractivity contribution in [2.24, 2.45) is 0 Å². The minimum absolute atomic E-state index is 0.516. The maximum Gasteiger partial charge on any atom is 0.277 e. The zero-order valence-corrected chi connectivity index (χ0v) is 16.9. The molecule has 0 fully saturated rings. The summed E-state index contributed by atoms with van der Waals surface area (Å²) in [5.74, 6) is 1.15. The standard InChI is InChI=1S/C21H18ClN3OS/c1-12-8-9-15-10-16(19(22)23-18(15)14(12)3)11-27-21-25-24-20(26-21)17-7-5-4-6-13(17)2/h4-10H,11H2,1-3H3. The molecule has 136 valence electrons. The summed E-state index contributed by atoms with van der Waals surface area (Å²) in [7, 11) is 0. The largest absolute Gasteiger partial charge is 0.411 e. The molecule has 27 heavy (non-hydrogen) atoms. The van der Waals surface area contributed by atoms with Crippen molar-refractivity contribution < 1.29 is 4.42 Å². The fourth-order valence-corrected chi connectivity index (χ4v) is 3.96. The second-order valence-corrected chi connectivity index (χ2v) is 7.78. The third kappa shape index (κ3) is 3.57. The normalized spacial score (nSPS) is 11.3. The van der Waals surface area contributed by atoms with Crippen molar-refractivity contribution in [2.75, 3.05) is 0 Å². The molecule has 6 heteroatoms. The third-order valence-corrected chi connectivity index (χ3v) is 5.87. The number of benzene rings is 2. The lowest BCUT2D eigenvalue weighted by atomic mass is 10.0. The fraction of sp³-hybridized carbons (Fsp3) is 0.190. The van der Waals surface area contributed by atoms with Crippen LogP contribution in [0.1, 0.15) is 22.3 Å². The number of hydrogen-bond acceptors (Lipinski definition) is 5. The smallest absolute Gasteiger partial charge is 0.277 e. The van der Waals surface area contributed by atoms with Gasteiger partial charge in [0.1, 0.15) is 5.15 Å². The number of hydrogen-bond donors (Lipinski definition) is 0. The molecule has 0 bridgehead atoms. The van der Waals surface area contributed by atoms with Crippen LogP contribution in [-0.2, 0) is 5.75 Å². The van der Waals surface area contributed by atoms with Crippen LogP contribution >= 0.6 is 23.4 Å². The van der Waals surface area contributed by atoms with Crippen LogP contribution in [0.5, 0.6) is 0 Å². The molecule has 0 saturated heterocycles. The van der Waals surface area contributed by atoms with Crippen LogP contribution in [0.4, 0.5) is 0 Å². The first-order valence-corrected chi connectivity index (χ1v) is 9.97. The Morgan fingerprint density at radius 2 is 1.81 bits per heavy atom. The highest BCUT2D eigenvalue weighted by Gasteiger charge is 2.13. The van der Waals surface area contributed by atoms with E-state index in [4.69, 9.17) is 16.0 Å². The molecule has 2 heterocycles. The zero-order chi connectivity index (χ0) is 19.0. The lowest BCUT2D eigenvalue weighted by molar-refractivity contribution is 0.465. The number of halogens is 1. The van der Waals surface area contributed by atoms with Crippen LogP contribution < -0.4 is 0 Å². The van der Waals surface area contributed by atoms with Gasteiger partial charge in [-0.25, -0.2) is 4.98 Å². The molecule has 4 rings (SSSR count). The summed E-state index contributed by atoms with van der Waals surface area (Å²) in [5, 5.41) is 10.4. The lowest BCUT2D eigenvalue weighted by Crippen LogP contribution is -1.92. The first kappa shape index (κ1) is 18.0. The molecule has 0 N–H and O–H groups in total. The van der Waals surface area contributed by atoms with Crippen molar-refractivity contribution >= 4 is 34.3 Å². The van der Waals surface area contributed by atoms with E-state index in [1.165, 1.54) is 17.3 Å². The van der Waals surface area contributed by atoms with Gasteiger partial charge in [0.2, 0.25) is 5.89 Å². The molecule has 2 aromatic carbocycles. The Hall–Kier alpha value is -2.37. The maximum absolute atomic E-state index is 6.42. The van der Waals surface area contributed by atoms with Crippen LogP contribution in [0.2, 0.25) is 5.15 Å². The number of aromatic nitrogens is 3. The van der Waals surface area contributed by atoms with Gasteiger partial charge in [-0.15, -0.1) is 10.2 Å². The molecule has 0 aliphatic heterocycles. The van der Waals surface area contributed by atoms with Crippen molar-refractivity contribution in [1.29, 1.82) is 0 Å². The van der Waals surface area contributed by atoms with Crippen molar-refractivity contribution in [1.82, 2.24) is 15.2 Å². The number of pyridine rings is 1. The van der Waals surface area contributed by atoms with E-state index in [0.29, 0.717) is 22.0 Å². The van der Waals surface area contributed by atoms with Crippen LogP contribution in [0, 0.1) is 20.8 Å². The number of rotatable bonds is 4. The minimum atomic E-state index is 0.516. The number of thioether (sulfide) groups is 1. The number of fused-ring (bicyclic) bond motifs is 1. The van der Waals surface area contributed by atoms with Gasteiger partial charge in [0.15, 0.2) is 0 Å². The molecule has 0 saturated carbocycles. The second kappa shape index (κ2) is 7.33. The van der Waals surface area contributed by atoms with Gasteiger partial charge in [-0.3, -0.25) is 0 Å². The Bertz CT molecular complexity index is 1140. The highest BCUT2D eigenvalue weighted by atomic mass is 35.5. The van der Waals surface area contributed by atoms with Crippen molar-refractivity contribution in [2.45, 2.75) is 31.7 Å². The molecule has 4 aromatic rings. The third-order valence-electron chi connectivity index (χ3n) is 4.67. The van der Waals surface area contributed by atoms with Crippen LogP contribution in [0.3, 0.4) is 0 Å². The van der Waals surface area contributed by atoms with Gasteiger partial charge in [-0.05, 0) is 49.6 Å². The van der Waals surface area contributed by atoms with Gasteiger partial charge in [0.25, 0.3) is 5.22 Å². The lowest BCUT2D eigenvalue weighted by Gasteiger charge is -2.08. The van der Waals surface area contributed by atoms with Crippen molar-refractivity contribution in [3.8, 4) is 11.5 Å². The van der Waals surface area contributed by atoms with Crippen molar-refractivity contribution in [3.05, 3.63) is 69.9 Å². The summed E-state index contributed by atoms with van der Waals surface area (Å²) in [5.41, 5.74) is 6.33. The van der Waals surface area contributed by atoms with E-state index < -0.39 is 0 Å². The van der Waals surface area contributed by atoms with Gasteiger partial charge in [0.05, 0.1) is 5.52 Å². The van der Waals surface area contributed by atoms with Gasteiger partial charge in [-0.1, -0.05) is 53.7 Å². The summed E-state index contributed by atoms with van der Waals surface area (Å²) in [6.45, 7) is 6.17. The molecule has 0 atom stereocenters. The predicted molar refractivity (Wildman–Crippen MR) is 110 cm³/mol. The van der Waals surface area contributed by atoms with Gasteiger partial charge < -0.3 is 4.42 Å². The van der Waals surface area contributed by atoms with Gasteiger partial charge in [-0.2, -0.15) is 0 Å². The number of aryl methyl sites for hydroxylation is 3. The van der Waals surface area contributed by atoms with Crippen LogP contribution in [-0.4, -0.2) is 15.2 Å². The summed E-state index contributed by atoms with van der Waals surface area (Å²) in [4.78, 5) is 4.60. The SMILES string of the molecule is Cc1ccccc1-c1nnc(SCc2cc3ccc(C)c(C)c3nc2Cl)o1. The molecular formula is C21H18ClN3OS. The predicted octanol–water partition coefficient (Wildman–Crippen LogP) is 6.16. The summed E-state index contributed by atoms with van der Waals surface area (Å²) in [6, 6.07) is 14.2. The fourth-order valence-electron chi connectivity index (χ4n) is 2.93. The van der Waals surface area contributed by atoms with E-state index in [2.05, 4.69) is 47.2 Å². The second-order valence-electron chi connectivity index (χ2n) is 6.49. The summed E-state index contributed by atoms with van der Waals surface area (Å²) < 4.78 is 5.81. The van der Waals surface area contributed by atoms with E-state index in [1.54, 1.807) is 0 Å². The average molecular weight is 396 g/mol. The molecule has 4 nitrogen and oxygen atoms in total. The molecule has 0 spiro atoms. The average Bonchev–Trinajstić information content (AvgIpc) is 3.13. The van der Waals surface area contributed by atoms with Gasteiger partial charge >= 0.3 is 0 Å². The van der Waals surface area contributed by atoms with E-state index in [9.17, 15) is 0 Å². The number of nitrogens with zero attached hydrogens (tertiary/aromatic N) is 3. The maximum atomic E-state index is 6.42. The van der Waals surface area contributed by atoms with E-state index in [0.717, 1.165) is 33.2 Å². The van der Waals surface area contributed by atoms with Gasteiger partial charge in [0, 0.05) is 22.3 Å². The van der Waals surface area contributed by atoms with E-state index in [-0.39, 0.29) is 0 Å². The molecule has 0 unspecified atom stereocenters. The zero-order valence-electron chi connectivity index (χ0n) is 15.3. The van der Waals surface area contributed by atoms with Crippen LogP contribution in [0.25, 0.3) is 22.4 Å². The Morgan fingerprint density at radius 3 is 2.63 bits per heavy atom. The summed E-state index contributed by atoms with van der Waals surface area (Å²) in [6.07, 6.45) is 0. The molecular weight excluding hydrogens is 378 g/mol. The topological polar surface area (TPSA) is 51.8 Å². The quantitative estimate of drug-likeness (QED) is 0.306. The first-order chi connectivity index (χ1) is 13.0. The Labute approximate surface area is 167 Å². The molecule has 0 amide bonds. The first-order valence-electron chi connectivity index (χ1n) is 8.60. The van der Waals surface area contributed by atoms with E-state index >= 15 is 0 Å². The molecule has 0 aliphatic rings. The Balaban J connectivity index is 1.57. The monoisotopic (exact) mass is 395 g/mol. The van der Waals surface area contributed by atoms with E-state index in [1.807, 2.05) is 31.2 Å². The Kier molecular flexibility index (Phi) is 4.89. The Morgan fingerprint density at radius 1 is 1.00 bits per heavy atom. The highest BCUT2D eigenvalue weighted by molar-refractivity contribution is 7.98. The minimum Gasteiger partial charge on any atom is -0.411 e. The summed E-state index contributed by atoms with van der Waals surface area (Å²) >= 11 is 7.88. The van der Waals surface area contributed by atoms with Crippen molar-refractivity contribution in [3.63, 3.8) is 0 Å². The van der Waals surface area contributed by atoms with Crippen LogP contribution in [0.15, 0.2) is 52.1 Å². The molecule has 2 aromatic heterocycles.